The molecule has 4 aromatic rings. The van der Waals surface area contributed by atoms with Gasteiger partial charge in [-0.05, 0) is 31.9 Å². The fourth-order valence-electron chi connectivity index (χ4n) is 3.47. The average Bonchev–Trinajstić information content (AvgIpc) is 3.06. The number of nitrogens with zero attached hydrogens (tertiary/aromatic N) is 3. The molecule has 0 radical (unpaired) electrons. The third-order valence-electron chi connectivity index (χ3n) is 5.01. The van der Waals surface area contributed by atoms with Crippen LogP contribution in [0.2, 0.25) is 0 Å². The van der Waals surface area contributed by atoms with E-state index in [0.29, 0.717) is 5.56 Å². The lowest BCUT2D eigenvalue weighted by Gasteiger charge is -2.15. The fourth-order valence-corrected chi connectivity index (χ4v) is 3.47. The predicted octanol–water partition coefficient (Wildman–Crippen LogP) is 4.50. The van der Waals surface area contributed by atoms with E-state index in [-0.39, 0.29) is 11.9 Å². The van der Waals surface area contributed by atoms with Crippen LogP contribution in [0.4, 0.5) is 0 Å². The molecule has 5 nitrogen and oxygen atoms in total. The number of rotatable bonds is 4. The first kappa shape index (κ1) is 17.9. The van der Waals surface area contributed by atoms with Crippen LogP contribution in [0.1, 0.15) is 40.3 Å². The smallest absolute Gasteiger partial charge is 0.255 e. The van der Waals surface area contributed by atoms with Gasteiger partial charge in [0.1, 0.15) is 0 Å². The summed E-state index contributed by atoms with van der Waals surface area (Å²) < 4.78 is 1.76. The quantitative estimate of drug-likeness (QED) is 0.575. The van der Waals surface area contributed by atoms with E-state index in [1.54, 1.807) is 10.7 Å². The predicted molar refractivity (Wildman–Crippen MR) is 110 cm³/mol. The number of fused-ring (bicyclic) bond motifs is 1. The van der Waals surface area contributed by atoms with Gasteiger partial charge in [0.05, 0.1) is 23.0 Å². The number of hydrogen-bond donors (Lipinski definition) is 1. The first-order valence-electron chi connectivity index (χ1n) is 9.32. The van der Waals surface area contributed by atoms with Gasteiger partial charge in [-0.25, -0.2) is 9.50 Å². The Morgan fingerprint density at radius 1 is 1.00 bits per heavy atom. The van der Waals surface area contributed by atoms with Crippen molar-refractivity contribution in [3.05, 3.63) is 89.4 Å². The maximum absolute atomic E-state index is 12.9. The maximum Gasteiger partial charge on any atom is 0.255 e. The van der Waals surface area contributed by atoms with Gasteiger partial charge in [0.2, 0.25) is 0 Å². The Balaban J connectivity index is 1.70. The van der Waals surface area contributed by atoms with Gasteiger partial charge < -0.3 is 5.32 Å². The standard InChI is InChI=1S/C23H22N4O/c1-15(18-10-6-4-7-11-18)25-23(28)20-14-24-22-21(19-12-8-5-9-13-19)16(2)26-27(22)17(20)3/h4-15H,1-3H3,(H,25,28)/t15-/m0/s1. The van der Waals surface area contributed by atoms with Crippen molar-refractivity contribution in [1.29, 1.82) is 0 Å². The highest BCUT2D eigenvalue weighted by Gasteiger charge is 2.19. The van der Waals surface area contributed by atoms with Crippen molar-refractivity contribution < 1.29 is 4.79 Å². The van der Waals surface area contributed by atoms with E-state index in [1.165, 1.54) is 0 Å². The Bertz CT molecular complexity index is 1130. The van der Waals surface area contributed by atoms with E-state index < -0.39 is 0 Å². The van der Waals surface area contributed by atoms with Crippen LogP contribution in [-0.2, 0) is 0 Å². The van der Waals surface area contributed by atoms with Crippen molar-refractivity contribution >= 4 is 11.6 Å². The lowest BCUT2D eigenvalue weighted by Crippen LogP contribution is -2.28. The molecule has 2 aromatic carbocycles. The monoisotopic (exact) mass is 370 g/mol. The molecule has 2 heterocycles. The molecule has 140 valence electrons. The van der Waals surface area contributed by atoms with Crippen molar-refractivity contribution in [1.82, 2.24) is 19.9 Å². The lowest BCUT2D eigenvalue weighted by atomic mass is 10.1. The van der Waals surface area contributed by atoms with Crippen LogP contribution in [0.3, 0.4) is 0 Å². The van der Waals surface area contributed by atoms with E-state index in [2.05, 4.69) is 15.4 Å². The van der Waals surface area contributed by atoms with Crippen molar-refractivity contribution in [3.63, 3.8) is 0 Å². The van der Waals surface area contributed by atoms with Gasteiger partial charge in [-0.2, -0.15) is 5.10 Å². The van der Waals surface area contributed by atoms with Crippen LogP contribution in [0, 0.1) is 13.8 Å². The minimum atomic E-state index is -0.155. The number of hydrogen-bond acceptors (Lipinski definition) is 3. The van der Waals surface area contributed by atoms with E-state index in [0.717, 1.165) is 33.7 Å². The van der Waals surface area contributed by atoms with Crippen LogP contribution in [0.25, 0.3) is 16.8 Å². The van der Waals surface area contributed by atoms with Gasteiger partial charge in [-0.15, -0.1) is 0 Å². The Morgan fingerprint density at radius 2 is 1.64 bits per heavy atom. The fraction of sp³-hybridized carbons (Fsp3) is 0.174. The van der Waals surface area contributed by atoms with E-state index >= 15 is 0 Å². The number of aryl methyl sites for hydroxylation is 2. The third kappa shape index (κ3) is 3.16. The van der Waals surface area contributed by atoms with Gasteiger partial charge in [0.25, 0.3) is 5.91 Å². The molecule has 1 amide bonds. The van der Waals surface area contributed by atoms with Crippen molar-refractivity contribution in [2.75, 3.05) is 0 Å². The van der Waals surface area contributed by atoms with Crippen molar-refractivity contribution in [3.8, 4) is 11.1 Å². The second-order valence-corrected chi connectivity index (χ2v) is 6.92. The summed E-state index contributed by atoms with van der Waals surface area (Å²) >= 11 is 0. The number of aromatic nitrogens is 3. The summed E-state index contributed by atoms with van der Waals surface area (Å²) in [6, 6.07) is 19.9. The highest BCUT2D eigenvalue weighted by atomic mass is 16.1. The molecule has 0 spiro atoms. The van der Waals surface area contributed by atoms with Gasteiger partial charge in [-0.3, -0.25) is 4.79 Å². The molecule has 0 bridgehead atoms. The van der Waals surface area contributed by atoms with Crippen molar-refractivity contribution in [2.45, 2.75) is 26.8 Å². The summed E-state index contributed by atoms with van der Waals surface area (Å²) in [5, 5.41) is 7.69. The maximum atomic E-state index is 12.9. The summed E-state index contributed by atoms with van der Waals surface area (Å²) in [6.45, 7) is 5.84. The Labute approximate surface area is 164 Å². The molecule has 0 unspecified atom stereocenters. The molecule has 28 heavy (non-hydrogen) atoms. The molecule has 5 heteroatoms. The van der Waals surface area contributed by atoms with Gasteiger partial charge in [0, 0.05) is 11.8 Å². The van der Waals surface area contributed by atoms with Crippen molar-refractivity contribution in [2.24, 2.45) is 0 Å². The second kappa shape index (κ2) is 7.27. The number of amides is 1. The minimum Gasteiger partial charge on any atom is -0.345 e. The Hall–Kier alpha value is -3.47. The zero-order valence-electron chi connectivity index (χ0n) is 16.2. The largest absolute Gasteiger partial charge is 0.345 e. The zero-order chi connectivity index (χ0) is 19.7. The SMILES string of the molecule is Cc1nn2c(C)c(C(=O)N[C@@H](C)c3ccccc3)cnc2c1-c1ccccc1. The number of benzene rings is 2. The minimum absolute atomic E-state index is 0.0944. The lowest BCUT2D eigenvalue weighted by molar-refractivity contribution is 0.0938. The van der Waals surface area contributed by atoms with Gasteiger partial charge >= 0.3 is 0 Å². The topological polar surface area (TPSA) is 59.3 Å². The van der Waals surface area contributed by atoms with E-state index in [4.69, 9.17) is 0 Å². The van der Waals surface area contributed by atoms with Gasteiger partial charge in [0.15, 0.2) is 5.65 Å². The second-order valence-electron chi connectivity index (χ2n) is 6.92. The molecular formula is C23H22N4O. The molecule has 1 N–H and O–H groups in total. The highest BCUT2D eigenvalue weighted by Crippen LogP contribution is 2.28. The van der Waals surface area contributed by atoms with Crippen LogP contribution in [0.5, 0.6) is 0 Å². The molecule has 0 saturated heterocycles. The van der Waals surface area contributed by atoms with E-state index in [9.17, 15) is 4.79 Å². The van der Waals surface area contributed by atoms with E-state index in [1.807, 2.05) is 81.4 Å². The number of carbonyl (C=O) groups excluding carboxylic acids is 1. The average molecular weight is 370 g/mol. The molecule has 2 aromatic heterocycles. The number of carbonyl (C=O) groups is 1. The molecule has 0 saturated carbocycles. The molecule has 0 fully saturated rings. The van der Waals surface area contributed by atoms with Crippen LogP contribution in [0.15, 0.2) is 66.9 Å². The summed E-state index contributed by atoms with van der Waals surface area (Å²) in [5.74, 6) is -0.155. The van der Waals surface area contributed by atoms with Crippen LogP contribution in [-0.4, -0.2) is 20.5 Å². The Kier molecular flexibility index (Phi) is 4.65. The molecule has 0 aliphatic rings. The van der Waals surface area contributed by atoms with Gasteiger partial charge in [-0.1, -0.05) is 60.7 Å². The number of nitrogens with one attached hydrogen (secondary N) is 1. The molecule has 0 aliphatic carbocycles. The summed E-state index contributed by atoms with van der Waals surface area (Å²) in [6.07, 6.45) is 1.64. The molecule has 1 atom stereocenters. The first-order valence-corrected chi connectivity index (χ1v) is 9.32. The first-order chi connectivity index (χ1) is 13.6. The van der Waals surface area contributed by atoms with Crippen LogP contribution < -0.4 is 5.32 Å². The molecular weight excluding hydrogens is 348 g/mol. The summed E-state index contributed by atoms with van der Waals surface area (Å²) in [7, 11) is 0. The Morgan fingerprint density at radius 3 is 2.32 bits per heavy atom. The summed E-state index contributed by atoms with van der Waals surface area (Å²) in [4.78, 5) is 17.4. The third-order valence-corrected chi connectivity index (χ3v) is 5.01. The molecule has 4 rings (SSSR count). The highest BCUT2D eigenvalue weighted by molar-refractivity contribution is 5.95. The summed E-state index contributed by atoms with van der Waals surface area (Å²) in [5.41, 5.74) is 6.06. The van der Waals surface area contributed by atoms with Crippen LogP contribution >= 0.6 is 0 Å². The zero-order valence-corrected chi connectivity index (χ0v) is 16.2. The molecule has 0 aliphatic heterocycles. The normalized spacial score (nSPS) is 12.1.